The number of hydrogen-bond acceptors (Lipinski definition) is 2. The lowest BCUT2D eigenvalue weighted by atomic mass is 10.2. The van der Waals surface area contributed by atoms with Crippen molar-refractivity contribution in [3.63, 3.8) is 0 Å². The lowest BCUT2D eigenvalue weighted by Crippen LogP contribution is -2.20. The van der Waals surface area contributed by atoms with Gasteiger partial charge in [-0.2, -0.15) is 0 Å². The first kappa shape index (κ1) is 10.2. The maximum atomic E-state index is 11.7. The summed E-state index contributed by atoms with van der Waals surface area (Å²) < 4.78 is 1.17. The van der Waals surface area contributed by atoms with Gasteiger partial charge in [-0.25, -0.2) is 0 Å². The molecule has 0 aliphatic carbocycles. The van der Waals surface area contributed by atoms with Gasteiger partial charge >= 0.3 is 0 Å². The van der Waals surface area contributed by atoms with Crippen molar-refractivity contribution >= 4 is 27.3 Å². The van der Waals surface area contributed by atoms with Crippen LogP contribution in [0.15, 0.2) is 24.3 Å². The van der Waals surface area contributed by atoms with Crippen molar-refractivity contribution in [1.82, 2.24) is 4.90 Å². The number of rotatable bonds is 1. The summed E-state index contributed by atoms with van der Waals surface area (Å²) in [5.41, 5.74) is 1.23. The Kier molecular flexibility index (Phi) is 2.49. The number of thiophene rings is 1. The van der Waals surface area contributed by atoms with Crippen LogP contribution in [-0.2, 0) is 0 Å². The third-order valence-corrected chi connectivity index (χ3v) is 3.39. The Morgan fingerprint density at radius 3 is 2.67 bits per heavy atom. The van der Waals surface area contributed by atoms with Gasteiger partial charge in [-0.05, 0) is 24.4 Å². The van der Waals surface area contributed by atoms with Gasteiger partial charge in [0.05, 0.1) is 4.88 Å². The zero-order chi connectivity index (χ0) is 11.0. The predicted molar refractivity (Wildman–Crippen MR) is 64.6 cm³/mol. The van der Waals surface area contributed by atoms with Gasteiger partial charge in [0.2, 0.25) is 0 Å². The third-order valence-electron chi connectivity index (χ3n) is 2.29. The summed E-state index contributed by atoms with van der Waals surface area (Å²) in [5.74, 6) is 0.0776. The van der Waals surface area contributed by atoms with Gasteiger partial charge in [0, 0.05) is 18.8 Å². The zero-order valence-electron chi connectivity index (χ0n) is 9.07. The zero-order valence-corrected chi connectivity index (χ0v) is 9.89. The Balaban J connectivity index is 2.52. The van der Waals surface area contributed by atoms with E-state index < -0.39 is 0 Å². The largest absolute Gasteiger partial charge is 0.344 e. The number of carbonyl (C=O) groups excluding carboxylic acids is 1. The van der Waals surface area contributed by atoms with Crippen molar-refractivity contribution in [2.45, 2.75) is 6.92 Å². The van der Waals surface area contributed by atoms with Gasteiger partial charge < -0.3 is 4.90 Å². The normalized spacial score (nSPS) is 10.6. The van der Waals surface area contributed by atoms with Crippen molar-refractivity contribution in [2.24, 2.45) is 0 Å². The van der Waals surface area contributed by atoms with Crippen LogP contribution in [0.5, 0.6) is 0 Å². The molecule has 1 aromatic carbocycles. The van der Waals surface area contributed by atoms with Crippen LogP contribution in [0.2, 0.25) is 0 Å². The first-order valence-corrected chi connectivity index (χ1v) is 5.61. The second kappa shape index (κ2) is 3.66. The molecule has 3 heteroatoms. The van der Waals surface area contributed by atoms with E-state index in [2.05, 4.69) is 25.1 Å². The molecule has 1 heterocycles. The van der Waals surface area contributed by atoms with Crippen molar-refractivity contribution in [3.8, 4) is 0 Å². The van der Waals surface area contributed by atoms with Crippen LogP contribution in [0, 0.1) is 6.92 Å². The van der Waals surface area contributed by atoms with E-state index in [-0.39, 0.29) is 5.91 Å². The van der Waals surface area contributed by atoms with E-state index in [9.17, 15) is 4.79 Å². The Hall–Kier alpha value is -1.35. The molecule has 0 spiro atoms. The van der Waals surface area contributed by atoms with Crippen molar-refractivity contribution < 1.29 is 4.79 Å². The summed E-state index contributed by atoms with van der Waals surface area (Å²) in [6.45, 7) is 2.06. The molecule has 0 bridgehead atoms. The summed E-state index contributed by atoms with van der Waals surface area (Å²) in [5, 5.41) is 1.16. The monoisotopic (exact) mass is 219 g/mol. The Bertz CT molecular complexity index is 513. The van der Waals surface area contributed by atoms with E-state index in [0.717, 1.165) is 10.3 Å². The summed E-state index contributed by atoms with van der Waals surface area (Å²) in [6, 6.07) is 8.22. The molecule has 0 aliphatic heterocycles. The molecule has 0 N–H and O–H groups in total. The molecular weight excluding hydrogens is 206 g/mol. The van der Waals surface area contributed by atoms with Gasteiger partial charge in [0.15, 0.2) is 0 Å². The Morgan fingerprint density at radius 1 is 1.27 bits per heavy atom. The summed E-state index contributed by atoms with van der Waals surface area (Å²) in [6.07, 6.45) is 0. The molecule has 0 aliphatic rings. The van der Waals surface area contributed by atoms with Gasteiger partial charge in [-0.15, -0.1) is 11.3 Å². The molecule has 1 aromatic heterocycles. The number of nitrogens with zero attached hydrogens (tertiary/aromatic N) is 1. The number of benzene rings is 1. The first-order chi connectivity index (χ1) is 7.08. The van der Waals surface area contributed by atoms with Crippen molar-refractivity contribution in [3.05, 3.63) is 34.7 Å². The van der Waals surface area contributed by atoms with Gasteiger partial charge in [-0.1, -0.05) is 17.7 Å². The number of carbonyl (C=O) groups is 1. The van der Waals surface area contributed by atoms with Gasteiger partial charge in [0.1, 0.15) is 0 Å². The van der Waals surface area contributed by atoms with Gasteiger partial charge in [-0.3, -0.25) is 4.79 Å². The lowest BCUT2D eigenvalue weighted by molar-refractivity contribution is 0.0832. The molecule has 0 radical (unpaired) electrons. The highest BCUT2D eigenvalue weighted by atomic mass is 32.1. The molecule has 2 rings (SSSR count). The van der Waals surface area contributed by atoms with Crippen LogP contribution >= 0.6 is 11.3 Å². The quantitative estimate of drug-likeness (QED) is 0.722. The fourth-order valence-electron chi connectivity index (χ4n) is 1.49. The average Bonchev–Trinajstić information content (AvgIpc) is 2.58. The highest BCUT2D eigenvalue weighted by molar-refractivity contribution is 7.20. The van der Waals surface area contributed by atoms with Crippen LogP contribution in [0.25, 0.3) is 10.1 Å². The number of hydrogen-bond donors (Lipinski definition) is 0. The number of fused-ring (bicyclic) bond motifs is 1. The lowest BCUT2D eigenvalue weighted by Gasteiger charge is -2.06. The van der Waals surface area contributed by atoms with Crippen LogP contribution in [0.1, 0.15) is 15.2 Å². The van der Waals surface area contributed by atoms with Crippen LogP contribution < -0.4 is 0 Å². The van der Waals surface area contributed by atoms with Crippen molar-refractivity contribution in [2.75, 3.05) is 14.1 Å². The average molecular weight is 219 g/mol. The molecule has 0 unspecified atom stereocenters. The molecule has 2 nitrogen and oxygen atoms in total. The second-order valence-corrected chi connectivity index (χ2v) is 4.94. The highest BCUT2D eigenvalue weighted by Crippen LogP contribution is 2.26. The van der Waals surface area contributed by atoms with Gasteiger partial charge in [0.25, 0.3) is 5.91 Å². The topological polar surface area (TPSA) is 20.3 Å². The molecule has 0 fully saturated rings. The maximum absolute atomic E-state index is 11.7. The molecule has 2 aromatic rings. The molecule has 15 heavy (non-hydrogen) atoms. The molecule has 0 saturated heterocycles. The number of amides is 1. The maximum Gasteiger partial charge on any atom is 0.263 e. The second-order valence-electron chi connectivity index (χ2n) is 3.85. The minimum atomic E-state index is 0.0776. The summed E-state index contributed by atoms with van der Waals surface area (Å²) in [4.78, 5) is 14.2. The SMILES string of the molecule is Cc1ccc2sc(C(=O)N(C)C)cc2c1. The highest BCUT2D eigenvalue weighted by Gasteiger charge is 2.11. The van der Waals surface area contributed by atoms with E-state index >= 15 is 0 Å². The molecule has 78 valence electrons. The molecular formula is C12H13NOS. The standard InChI is InChI=1S/C12H13NOS/c1-8-4-5-10-9(6-8)7-11(15-10)12(14)13(2)3/h4-7H,1-3H3. The minimum Gasteiger partial charge on any atom is -0.344 e. The smallest absolute Gasteiger partial charge is 0.263 e. The fourth-order valence-corrected chi connectivity index (χ4v) is 2.55. The number of aryl methyl sites for hydroxylation is 1. The van der Waals surface area contributed by atoms with E-state index in [0.29, 0.717) is 0 Å². The molecule has 0 saturated carbocycles. The first-order valence-electron chi connectivity index (χ1n) is 4.80. The molecule has 0 atom stereocenters. The van der Waals surface area contributed by atoms with Crippen molar-refractivity contribution in [1.29, 1.82) is 0 Å². The Labute approximate surface area is 93.1 Å². The van der Waals surface area contributed by atoms with Crippen LogP contribution in [0.4, 0.5) is 0 Å². The minimum absolute atomic E-state index is 0.0776. The third kappa shape index (κ3) is 1.88. The van der Waals surface area contributed by atoms with Crippen LogP contribution in [-0.4, -0.2) is 24.9 Å². The molecule has 1 amide bonds. The summed E-state index contributed by atoms with van der Waals surface area (Å²) in [7, 11) is 3.55. The van der Waals surface area contributed by atoms with E-state index in [1.165, 1.54) is 10.3 Å². The van der Waals surface area contributed by atoms with Crippen LogP contribution in [0.3, 0.4) is 0 Å². The van der Waals surface area contributed by atoms with E-state index in [4.69, 9.17) is 0 Å². The predicted octanol–water partition coefficient (Wildman–Crippen LogP) is 2.91. The van der Waals surface area contributed by atoms with E-state index in [1.54, 1.807) is 30.3 Å². The summed E-state index contributed by atoms with van der Waals surface area (Å²) >= 11 is 1.55. The Morgan fingerprint density at radius 2 is 2.00 bits per heavy atom. The van der Waals surface area contributed by atoms with E-state index in [1.807, 2.05) is 6.07 Å². The fraction of sp³-hybridized carbons (Fsp3) is 0.250.